The number of nitrogens with zero attached hydrogens (tertiary/aromatic N) is 1. The Morgan fingerprint density at radius 1 is 1.43 bits per heavy atom. The molecular weight excluding hydrogens is 194 g/mol. The molecule has 0 bridgehead atoms. The molecule has 3 heteroatoms. The molecule has 0 aliphatic carbocycles. The molecule has 14 heavy (non-hydrogen) atoms. The maximum Gasteiger partial charge on any atom is 0.130 e. The topological polar surface area (TPSA) is 30.0 Å². The lowest BCUT2D eigenvalue weighted by Crippen LogP contribution is -1.93. The third kappa shape index (κ3) is 3.92. The smallest absolute Gasteiger partial charge is 0.130 e. The Balaban J connectivity index is 2.54. The minimum absolute atomic E-state index is 0.238. The average Bonchev–Trinajstić information content (AvgIpc) is 2.01. The fourth-order valence-electron chi connectivity index (χ4n) is 1.18. The second kappa shape index (κ2) is 5.15. The zero-order chi connectivity index (χ0) is 10.6. The molecule has 0 aliphatic rings. The molecule has 0 saturated carbocycles. The summed E-state index contributed by atoms with van der Waals surface area (Å²) in [7, 11) is 0. The van der Waals surface area contributed by atoms with E-state index in [2.05, 4.69) is 24.0 Å². The molecule has 0 atom stereocenters. The highest BCUT2D eigenvalue weighted by molar-refractivity contribution is 7.99. The van der Waals surface area contributed by atoms with Crippen LogP contribution in [0, 0.1) is 13.8 Å². The van der Waals surface area contributed by atoms with Crippen LogP contribution in [0.25, 0.3) is 0 Å². The van der Waals surface area contributed by atoms with Crippen LogP contribution in [0.1, 0.15) is 24.6 Å². The summed E-state index contributed by atoms with van der Waals surface area (Å²) in [4.78, 5) is 15.1. The molecule has 76 valence electrons. The van der Waals surface area contributed by atoms with E-state index in [1.807, 2.05) is 6.92 Å². The lowest BCUT2D eigenvalue weighted by atomic mass is 10.3. The van der Waals surface area contributed by atoms with E-state index in [0.717, 1.165) is 16.5 Å². The first-order valence-electron chi connectivity index (χ1n) is 4.65. The number of carbonyl (C=O) groups excluding carboxylic acids is 1. The zero-order valence-electron chi connectivity index (χ0n) is 8.83. The number of hydrogen-bond acceptors (Lipinski definition) is 3. The quantitative estimate of drug-likeness (QED) is 0.714. The molecule has 0 radical (unpaired) electrons. The second-order valence-corrected chi connectivity index (χ2v) is 4.54. The molecule has 1 aromatic heterocycles. The lowest BCUT2D eigenvalue weighted by molar-refractivity contribution is -0.116. The SMILES string of the molecule is CC(=O)CCSc1cc(C)cc(C)n1. The molecule has 0 amide bonds. The predicted molar refractivity (Wildman–Crippen MR) is 59.7 cm³/mol. The Kier molecular flexibility index (Phi) is 4.14. The molecule has 0 saturated heterocycles. The number of thioether (sulfide) groups is 1. The first-order chi connectivity index (χ1) is 6.58. The van der Waals surface area contributed by atoms with Crippen molar-refractivity contribution in [1.29, 1.82) is 0 Å². The Morgan fingerprint density at radius 2 is 2.14 bits per heavy atom. The summed E-state index contributed by atoms with van der Waals surface area (Å²) in [6.07, 6.45) is 0.624. The Bertz CT molecular complexity index is 316. The third-order valence-corrected chi connectivity index (χ3v) is 2.69. The van der Waals surface area contributed by atoms with Crippen LogP contribution in [0.5, 0.6) is 0 Å². The van der Waals surface area contributed by atoms with E-state index in [1.165, 1.54) is 5.56 Å². The van der Waals surface area contributed by atoms with E-state index in [9.17, 15) is 4.79 Å². The van der Waals surface area contributed by atoms with Gasteiger partial charge >= 0.3 is 0 Å². The van der Waals surface area contributed by atoms with Gasteiger partial charge in [0.15, 0.2) is 0 Å². The summed E-state index contributed by atoms with van der Waals surface area (Å²) in [5.74, 6) is 1.06. The number of carbonyl (C=O) groups is 1. The van der Waals surface area contributed by atoms with Crippen LogP contribution in [0.3, 0.4) is 0 Å². The normalized spacial score (nSPS) is 10.2. The monoisotopic (exact) mass is 209 g/mol. The predicted octanol–water partition coefficient (Wildman–Crippen LogP) is 2.77. The van der Waals surface area contributed by atoms with E-state index in [0.29, 0.717) is 6.42 Å². The largest absolute Gasteiger partial charge is 0.300 e. The van der Waals surface area contributed by atoms with Crippen molar-refractivity contribution < 1.29 is 4.79 Å². The van der Waals surface area contributed by atoms with Crippen LogP contribution in [-0.2, 0) is 4.79 Å². The van der Waals surface area contributed by atoms with Gasteiger partial charge < -0.3 is 0 Å². The minimum Gasteiger partial charge on any atom is -0.300 e. The Labute approximate surface area is 89.1 Å². The van der Waals surface area contributed by atoms with E-state index >= 15 is 0 Å². The zero-order valence-corrected chi connectivity index (χ0v) is 9.65. The van der Waals surface area contributed by atoms with Gasteiger partial charge in [-0.05, 0) is 38.5 Å². The lowest BCUT2D eigenvalue weighted by Gasteiger charge is -2.02. The van der Waals surface area contributed by atoms with Crippen LogP contribution in [0.4, 0.5) is 0 Å². The Hall–Kier alpha value is -0.830. The van der Waals surface area contributed by atoms with Crippen molar-refractivity contribution in [3.05, 3.63) is 23.4 Å². The van der Waals surface area contributed by atoms with Gasteiger partial charge in [-0.2, -0.15) is 0 Å². The molecule has 0 aliphatic heterocycles. The number of pyridine rings is 1. The molecular formula is C11H15NOS. The number of Topliss-reactive ketones (excluding diaryl/α,β-unsaturated/α-hetero) is 1. The van der Waals surface area contributed by atoms with Gasteiger partial charge in [-0.25, -0.2) is 4.98 Å². The summed E-state index contributed by atoms with van der Waals surface area (Å²) in [6, 6.07) is 4.10. The van der Waals surface area contributed by atoms with E-state index in [4.69, 9.17) is 0 Å². The molecule has 0 unspecified atom stereocenters. The van der Waals surface area contributed by atoms with Crippen molar-refractivity contribution in [3.8, 4) is 0 Å². The maximum absolute atomic E-state index is 10.7. The van der Waals surface area contributed by atoms with Gasteiger partial charge in [0.1, 0.15) is 5.78 Å². The van der Waals surface area contributed by atoms with Gasteiger partial charge in [-0.1, -0.05) is 0 Å². The van der Waals surface area contributed by atoms with E-state index in [1.54, 1.807) is 18.7 Å². The Morgan fingerprint density at radius 3 is 2.71 bits per heavy atom. The fraction of sp³-hybridized carbons (Fsp3) is 0.455. The molecule has 1 aromatic rings. The van der Waals surface area contributed by atoms with Crippen LogP contribution >= 0.6 is 11.8 Å². The third-order valence-electron chi connectivity index (χ3n) is 1.78. The molecule has 1 heterocycles. The van der Waals surface area contributed by atoms with Crippen molar-refractivity contribution in [1.82, 2.24) is 4.98 Å². The molecule has 0 spiro atoms. The molecule has 0 N–H and O–H groups in total. The van der Waals surface area contributed by atoms with Gasteiger partial charge in [0.05, 0.1) is 5.03 Å². The summed E-state index contributed by atoms with van der Waals surface area (Å²) < 4.78 is 0. The van der Waals surface area contributed by atoms with Gasteiger partial charge in [0, 0.05) is 17.9 Å². The van der Waals surface area contributed by atoms with Gasteiger partial charge in [-0.3, -0.25) is 4.79 Å². The minimum atomic E-state index is 0.238. The van der Waals surface area contributed by atoms with Crippen LogP contribution in [0.15, 0.2) is 17.2 Å². The number of rotatable bonds is 4. The van der Waals surface area contributed by atoms with Gasteiger partial charge in [0.25, 0.3) is 0 Å². The van der Waals surface area contributed by atoms with Crippen molar-refractivity contribution in [3.63, 3.8) is 0 Å². The van der Waals surface area contributed by atoms with Gasteiger partial charge in [0.2, 0.25) is 0 Å². The first kappa shape index (κ1) is 11.2. The number of aromatic nitrogens is 1. The number of aryl methyl sites for hydroxylation is 2. The second-order valence-electron chi connectivity index (χ2n) is 3.42. The average molecular weight is 209 g/mol. The first-order valence-corrected chi connectivity index (χ1v) is 5.64. The van der Waals surface area contributed by atoms with Crippen LogP contribution in [0.2, 0.25) is 0 Å². The highest BCUT2D eigenvalue weighted by Gasteiger charge is 1.99. The summed E-state index contributed by atoms with van der Waals surface area (Å²) in [5, 5.41) is 1.02. The summed E-state index contributed by atoms with van der Waals surface area (Å²) in [6.45, 7) is 5.67. The van der Waals surface area contributed by atoms with E-state index < -0.39 is 0 Å². The van der Waals surface area contributed by atoms with Crippen LogP contribution in [-0.4, -0.2) is 16.5 Å². The molecule has 2 nitrogen and oxygen atoms in total. The standard InChI is InChI=1S/C11H15NOS/c1-8-6-9(2)12-11(7-8)14-5-4-10(3)13/h6-7H,4-5H2,1-3H3. The number of ketones is 1. The summed E-state index contributed by atoms with van der Waals surface area (Å²) >= 11 is 1.65. The molecule has 1 rings (SSSR count). The highest BCUT2D eigenvalue weighted by Crippen LogP contribution is 2.18. The van der Waals surface area contributed by atoms with Crippen LogP contribution < -0.4 is 0 Å². The highest BCUT2D eigenvalue weighted by atomic mass is 32.2. The van der Waals surface area contributed by atoms with Crippen molar-refractivity contribution in [2.45, 2.75) is 32.2 Å². The van der Waals surface area contributed by atoms with Crippen molar-refractivity contribution in [2.75, 3.05) is 5.75 Å². The number of hydrogen-bond donors (Lipinski definition) is 0. The summed E-state index contributed by atoms with van der Waals surface area (Å²) in [5.41, 5.74) is 2.26. The fourth-order valence-corrected chi connectivity index (χ4v) is 2.25. The molecule has 0 aromatic carbocycles. The van der Waals surface area contributed by atoms with E-state index in [-0.39, 0.29) is 5.78 Å². The van der Waals surface area contributed by atoms with Crippen molar-refractivity contribution >= 4 is 17.5 Å². The maximum atomic E-state index is 10.7. The molecule has 0 fully saturated rings. The van der Waals surface area contributed by atoms with Crippen molar-refractivity contribution in [2.24, 2.45) is 0 Å². The van der Waals surface area contributed by atoms with Gasteiger partial charge in [-0.15, -0.1) is 11.8 Å².